The Balaban J connectivity index is 2.28. The molecule has 122 valence electrons. The summed E-state index contributed by atoms with van der Waals surface area (Å²) in [6, 6.07) is 0.145. The average Bonchev–Trinajstić information content (AvgIpc) is 2.47. The van der Waals surface area contributed by atoms with Gasteiger partial charge in [-0.1, -0.05) is 0 Å². The van der Waals surface area contributed by atoms with Crippen LogP contribution in [0, 0.1) is 5.41 Å². The highest BCUT2D eigenvalue weighted by Crippen LogP contribution is 2.18. The van der Waals surface area contributed by atoms with E-state index in [2.05, 4.69) is 15.3 Å². The van der Waals surface area contributed by atoms with Crippen LogP contribution in [-0.4, -0.2) is 45.9 Å². The molecule has 0 amide bonds. The molecule has 0 saturated carbocycles. The van der Waals surface area contributed by atoms with E-state index in [1.165, 1.54) is 6.26 Å². The highest BCUT2D eigenvalue weighted by molar-refractivity contribution is 7.79. The third kappa shape index (κ3) is 4.21. The molecule has 1 aromatic rings. The molecule has 0 bridgehead atoms. The molecule has 1 unspecified atom stereocenters. The van der Waals surface area contributed by atoms with Crippen LogP contribution in [-0.2, 0) is 20.0 Å². The number of rotatable bonds is 6. The first-order valence-corrected chi connectivity index (χ1v) is 8.49. The molecule has 2 heterocycles. The number of hydrogen-bond donors (Lipinski definition) is 3. The summed E-state index contributed by atoms with van der Waals surface area (Å²) < 4.78 is 21.6. The van der Waals surface area contributed by atoms with Crippen LogP contribution in [0.25, 0.3) is 0 Å². The largest absolute Gasteiger partial charge is 0.381 e. The van der Waals surface area contributed by atoms with Gasteiger partial charge in [-0.25, -0.2) is 9.19 Å². The Kier molecular flexibility index (Phi) is 5.81. The molecule has 0 aliphatic carbocycles. The SMILES string of the molecule is C[C@H](OS(C)=O)c1nc(NC2CCOCC2)c(C=N)c(=O)[nH]1. The van der Waals surface area contributed by atoms with Crippen LogP contribution < -0.4 is 10.9 Å². The molecule has 1 saturated heterocycles. The summed E-state index contributed by atoms with van der Waals surface area (Å²) in [7, 11) is 0. The Bertz CT molecular complexity index is 613. The monoisotopic (exact) mass is 328 g/mol. The van der Waals surface area contributed by atoms with Gasteiger partial charge in [0.2, 0.25) is 0 Å². The summed E-state index contributed by atoms with van der Waals surface area (Å²) in [6.07, 6.45) is 3.38. The molecule has 1 aromatic heterocycles. The molecule has 22 heavy (non-hydrogen) atoms. The van der Waals surface area contributed by atoms with Gasteiger partial charge in [0.05, 0.1) is 5.56 Å². The van der Waals surface area contributed by atoms with Gasteiger partial charge in [-0.3, -0.25) is 8.98 Å². The smallest absolute Gasteiger partial charge is 0.261 e. The number of aromatic amines is 1. The van der Waals surface area contributed by atoms with E-state index < -0.39 is 22.7 Å². The Labute approximate surface area is 130 Å². The standard InChI is InChI=1S/C13H20N4O4S/c1-8(21-22(2)19)11-16-12(10(7-14)13(18)17-11)15-9-3-5-20-6-4-9/h7-9,14H,3-6H2,1-2H3,(H2,15,16,17,18)/t8-,22?/m0/s1. The summed E-state index contributed by atoms with van der Waals surface area (Å²) >= 11 is -1.47. The molecule has 8 nitrogen and oxygen atoms in total. The predicted octanol–water partition coefficient (Wildman–Crippen LogP) is 0.730. The van der Waals surface area contributed by atoms with E-state index in [4.69, 9.17) is 14.3 Å². The second kappa shape index (κ2) is 7.61. The lowest BCUT2D eigenvalue weighted by Gasteiger charge is -2.24. The number of H-pyrrole nitrogens is 1. The molecule has 1 aliphatic rings. The van der Waals surface area contributed by atoms with Crippen molar-refractivity contribution in [1.29, 1.82) is 5.41 Å². The average molecular weight is 328 g/mol. The Morgan fingerprint density at radius 2 is 2.23 bits per heavy atom. The highest BCUT2D eigenvalue weighted by atomic mass is 32.2. The zero-order valence-electron chi connectivity index (χ0n) is 12.5. The van der Waals surface area contributed by atoms with Crippen LogP contribution in [0.2, 0.25) is 0 Å². The fourth-order valence-electron chi connectivity index (χ4n) is 2.22. The third-order valence-electron chi connectivity index (χ3n) is 3.34. The molecular weight excluding hydrogens is 308 g/mol. The summed E-state index contributed by atoms with van der Waals surface area (Å²) in [5.41, 5.74) is -0.257. The minimum Gasteiger partial charge on any atom is -0.381 e. The van der Waals surface area contributed by atoms with Gasteiger partial charge in [0.25, 0.3) is 5.56 Å². The van der Waals surface area contributed by atoms with Crippen molar-refractivity contribution in [2.24, 2.45) is 0 Å². The zero-order valence-corrected chi connectivity index (χ0v) is 13.4. The quantitative estimate of drug-likeness (QED) is 0.663. The molecule has 2 atom stereocenters. The van der Waals surface area contributed by atoms with Crippen LogP contribution >= 0.6 is 0 Å². The van der Waals surface area contributed by atoms with E-state index in [1.54, 1.807) is 6.92 Å². The molecule has 0 aromatic carbocycles. The molecule has 2 rings (SSSR count). The molecule has 0 radical (unpaired) electrons. The van der Waals surface area contributed by atoms with E-state index in [0.29, 0.717) is 19.0 Å². The maximum absolute atomic E-state index is 12.1. The molecule has 9 heteroatoms. The summed E-state index contributed by atoms with van der Waals surface area (Å²) in [5, 5.41) is 10.6. The van der Waals surface area contributed by atoms with Gasteiger partial charge in [-0.05, 0) is 19.8 Å². The molecule has 1 fully saturated rings. The normalized spacial score (nSPS) is 18.6. The Hall–Kier alpha value is -1.58. The maximum atomic E-state index is 12.1. The molecular formula is C13H20N4O4S. The van der Waals surface area contributed by atoms with Crippen molar-refractivity contribution < 1.29 is 13.1 Å². The number of anilines is 1. The zero-order chi connectivity index (χ0) is 16.1. The van der Waals surface area contributed by atoms with E-state index in [9.17, 15) is 9.00 Å². The van der Waals surface area contributed by atoms with Crippen molar-refractivity contribution in [2.45, 2.75) is 31.9 Å². The van der Waals surface area contributed by atoms with E-state index in [1.807, 2.05) is 0 Å². The molecule has 3 N–H and O–H groups in total. The number of aromatic nitrogens is 2. The lowest BCUT2D eigenvalue weighted by atomic mass is 10.1. The topological polar surface area (TPSA) is 117 Å². The summed E-state index contributed by atoms with van der Waals surface area (Å²) in [6.45, 7) is 2.96. The maximum Gasteiger partial charge on any atom is 0.261 e. The van der Waals surface area contributed by atoms with Crippen LogP contribution in [0.5, 0.6) is 0 Å². The predicted molar refractivity (Wildman–Crippen MR) is 83.8 cm³/mol. The number of hydrogen-bond acceptors (Lipinski definition) is 7. The van der Waals surface area contributed by atoms with Gasteiger partial charge in [0, 0.05) is 31.7 Å². The number of nitrogens with one attached hydrogen (secondary N) is 3. The van der Waals surface area contributed by atoms with Crippen molar-refractivity contribution in [2.75, 3.05) is 24.8 Å². The third-order valence-corrected chi connectivity index (χ3v) is 3.90. The summed E-state index contributed by atoms with van der Waals surface area (Å²) in [4.78, 5) is 19.0. The highest BCUT2D eigenvalue weighted by Gasteiger charge is 2.19. The molecule has 1 aliphatic heterocycles. The Morgan fingerprint density at radius 3 is 2.82 bits per heavy atom. The minimum atomic E-state index is -1.47. The first kappa shape index (κ1) is 16.8. The lowest BCUT2D eigenvalue weighted by Crippen LogP contribution is -2.31. The van der Waals surface area contributed by atoms with Gasteiger partial charge in [-0.2, -0.15) is 0 Å². The molecule has 0 spiro atoms. The van der Waals surface area contributed by atoms with Gasteiger partial charge < -0.3 is 20.4 Å². The first-order valence-electron chi connectivity index (χ1n) is 7.00. The van der Waals surface area contributed by atoms with Crippen LogP contribution in [0.15, 0.2) is 4.79 Å². The van der Waals surface area contributed by atoms with Crippen molar-refractivity contribution in [3.63, 3.8) is 0 Å². The second-order valence-corrected chi connectivity index (χ2v) is 6.02. The van der Waals surface area contributed by atoms with Crippen LogP contribution in [0.4, 0.5) is 5.82 Å². The van der Waals surface area contributed by atoms with Crippen molar-refractivity contribution in [1.82, 2.24) is 9.97 Å². The first-order chi connectivity index (χ1) is 10.5. The number of ether oxygens (including phenoxy) is 1. The van der Waals surface area contributed by atoms with Crippen molar-refractivity contribution in [3.8, 4) is 0 Å². The van der Waals surface area contributed by atoms with Gasteiger partial charge in [0.1, 0.15) is 17.7 Å². The van der Waals surface area contributed by atoms with Gasteiger partial charge in [0.15, 0.2) is 11.1 Å². The van der Waals surface area contributed by atoms with Gasteiger partial charge >= 0.3 is 0 Å². The van der Waals surface area contributed by atoms with Crippen molar-refractivity contribution in [3.05, 3.63) is 21.7 Å². The van der Waals surface area contributed by atoms with Crippen LogP contribution in [0.3, 0.4) is 0 Å². The van der Waals surface area contributed by atoms with E-state index in [-0.39, 0.29) is 17.4 Å². The van der Waals surface area contributed by atoms with E-state index in [0.717, 1.165) is 19.1 Å². The van der Waals surface area contributed by atoms with Crippen LogP contribution in [0.1, 0.15) is 37.3 Å². The second-order valence-electron chi connectivity index (χ2n) is 5.03. The fourth-order valence-corrected chi connectivity index (χ4v) is 2.72. The van der Waals surface area contributed by atoms with E-state index >= 15 is 0 Å². The Morgan fingerprint density at radius 1 is 1.55 bits per heavy atom. The van der Waals surface area contributed by atoms with Crippen molar-refractivity contribution >= 4 is 23.1 Å². The lowest BCUT2D eigenvalue weighted by molar-refractivity contribution is 0.0903. The number of nitrogens with zero attached hydrogens (tertiary/aromatic N) is 1. The minimum absolute atomic E-state index is 0.145. The summed E-state index contributed by atoms with van der Waals surface area (Å²) in [5.74, 6) is 0.623. The van der Waals surface area contributed by atoms with Gasteiger partial charge in [-0.15, -0.1) is 0 Å². The fraction of sp³-hybridized carbons (Fsp3) is 0.615.